The van der Waals surface area contributed by atoms with Gasteiger partial charge in [0.05, 0.1) is 5.92 Å². The van der Waals surface area contributed by atoms with Gasteiger partial charge in [0.25, 0.3) is 0 Å². The Morgan fingerprint density at radius 3 is 2.47 bits per heavy atom. The second kappa shape index (κ2) is 5.85. The second-order valence-corrected chi connectivity index (χ2v) is 4.61. The third kappa shape index (κ3) is 3.98. The first kappa shape index (κ1) is 14.5. The van der Waals surface area contributed by atoms with Crippen LogP contribution in [0.5, 0.6) is 0 Å². The zero-order chi connectivity index (χ0) is 13.1. The van der Waals surface area contributed by atoms with Crippen LogP contribution in [-0.2, 0) is 9.37 Å². The molecule has 100 valence electrons. The Bertz CT molecular complexity index is 277. The lowest BCUT2D eigenvalue weighted by Gasteiger charge is -2.30. The van der Waals surface area contributed by atoms with Crippen LogP contribution >= 0.6 is 12.0 Å². The fourth-order valence-electron chi connectivity index (χ4n) is 1.82. The maximum absolute atomic E-state index is 12.4. The zero-order valence-corrected chi connectivity index (χ0v) is 9.20. The lowest BCUT2D eigenvalue weighted by atomic mass is 9.85. The first-order valence-electron chi connectivity index (χ1n) is 4.68. The number of nitro groups is 1. The van der Waals surface area contributed by atoms with Gasteiger partial charge in [-0.1, -0.05) is 0 Å². The van der Waals surface area contributed by atoms with Crippen LogP contribution in [0.25, 0.3) is 0 Å². The lowest BCUT2D eigenvalue weighted by Crippen LogP contribution is -2.42. The number of hydrogen-bond donors (Lipinski definition) is 0. The van der Waals surface area contributed by atoms with Gasteiger partial charge in [-0.25, -0.2) is 0 Å². The third-order valence-corrected chi connectivity index (χ3v) is 3.61. The molecule has 10 heteroatoms. The molecule has 0 saturated heterocycles. The molecule has 1 saturated carbocycles. The van der Waals surface area contributed by atoms with Gasteiger partial charge >= 0.3 is 6.18 Å². The van der Waals surface area contributed by atoms with Gasteiger partial charge in [-0.15, -0.1) is 0 Å². The van der Waals surface area contributed by atoms with Crippen LogP contribution in [0.1, 0.15) is 19.3 Å². The molecule has 1 rings (SSSR count). The van der Waals surface area contributed by atoms with Gasteiger partial charge in [-0.05, 0) is 12.8 Å². The monoisotopic (exact) mass is 276 g/mol. The van der Waals surface area contributed by atoms with Gasteiger partial charge in [0.2, 0.25) is 6.04 Å². The van der Waals surface area contributed by atoms with E-state index >= 15 is 0 Å². The second-order valence-electron chi connectivity index (χ2n) is 3.68. The van der Waals surface area contributed by atoms with Crippen molar-refractivity contribution in [3.63, 3.8) is 0 Å². The van der Waals surface area contributed by atoms with Crippen molar-refractivity contribution < 1.29 is 32.7 Å². The summed E-state index contributed by atoms with van der Waals surface area (Å²) in [6.07, 6.45) is -5.30. The van der Waals surface area contributed by atoms with E-state index in [0.717, 1.165) is 0 Å². The standard InChI is InChI=1S/C7H10F3NO5S/c8-7(9,10)4-1-2-6(17-16-15-14)5(3-4)11(12)13/h4-6,14H,1-3H2/p-1. The van der Waals surface area contributed by atoms with E-state index in [1.807, 2.05) is 0 Å². The Hall–Kier alpha value is -0.580. The molecule has 0 aromatic carbocycles. The van der Waals surface area contributed by atoms with E-state index in [0.29, 0.717) is 12.0 Å². The Morgan fingerprint density at radius 1 is 1.35 bits per heavy atom. The smallest absolute Gasteiger partial charge is 0.392 e. The summed E-state index contributed by atoms with van der Waals surface area (Å²) in [6, 6.07) is -1.39. The molecule has 0 aromatic rings. The molecule has 1 fully saturated rings. The minimum atomic E-state index is -4.43. The SMILES string of the molecule is O=[N+]([O-])C1CC(C(F)(F)F)CCC1SOO[O-]. The van der Waals surface area contributed by atoms with Crippen molar-refractivity contribution in [2.24, 2.45) is 5.92 Å². The molecule has 0 radical (unpaired) electrons. The van der Waals surface area contributed by atoms with E-state index < -0.39 is 34.7 Å². The van der Waals surface area contributed by atoms with Gasteiger partial charge in [0.1, 0.15) is 5.25 Å². The normalized spacial score (nSPS) is 30.2. The molecule has 3 atom stereocenters. The first-order chi connectivity index (χ1) is 7.86. The average Bonchev–Trinajstić information content (AvgIpc) is 2.24. The van der Waals surface area contributed by atoms with Gasteiger partial charge < -0.3 is 5.26 Å². The van der Waals surface area contributed by atoms with Crippen LogP contribution in [0, 0.1) is 16.0 Å². The summed E-state index contributed by atoms with van der Waals surface area (Å²) in [7, 11) is 0. The van der Waals surface area contributed by atoms with Gasteiger partial charge in [0.15, 0.2) is 0 Å². The van der Waals surface area contributed by atoms with Gasteiger partial charge in [-0.2, -0.15) is 17.5 Å². The largest absolute Gasteiger partial charge is 0.691 e. The molecule has 0 aliphatic heterocycles. The van der Waals surface area contributed by atoms with Crippen molar-refractivity contribution in [3.05, 3.63) is 10.1 Å². The minimum Gasteiger partial charge on any atom is -0.691 e. The molecular weight excluding hydrogens is 267 g/mol. The highest BCUT2D eigenvalue weighted by atomic mass is 32.2. The number of alkyl halides is 3. The number of rotatable bonds is 4. The molecular formula is C7H9F3NO5S-. The maximum atomic E-state index is 12.4. The highest BCUT2D eigenvalue weighted by Crippen LogP contribution is 2.41. The Labute approximate surface area is 98.3 Å². The Morgan fingerprint density at radius 2 is 2.00 bits per heavy atom. The van der Waals surface area contributed by atoms with E-state index in [4.69, 9.17) is 0 Å². The van der Waals surface area contributed by atoms with Crippen molar-refractivity contribution in [1.82, 2.24) is 0 Å². The highest BCUT2D eigenvalue weighted by molar-refractivity contribution is 7.95. The maximum Gasteiger partial charge on any atom is 0.392 e. The lowest BCUT2D eigenvalue weighted by molar-refractivity contribution is -0.777. The fourth-order valence-corrected chi connectivity index (χ4v) is 2.52. The van der Waals surface area contributed by atoms with Crippen LogP contribution in [0.15, 0.2) is 0 Å². The van der Waals surface area contributed by atoms with Crippen LogP contribution < -0.4 is 5.26 Å². The molecule has 1 aliphatic rings. The fraction of sp³-hybridized carbons (Fsp3) is 1.00. The van der Waals surface area contributed by atoms with Crippen molar-refractivity contribution >= 4 is 12.0 Å². The van der Waals surface area contributed by atoms with Crippen LogP contribution in [0.4, 0.5) is 13.2 Å². The summed E-state index contributed by atoms with van der Waals surface area (Å²) < 4.78 is 41.2. The number of nitrogens with zero attached hydrogens (tertiary/aromatic N) is 1. The van der Waals surface area contributed by atoms with Gasteiger partial charge in [-0.3, -0.25) is 15.2 Å². The minimum absolute atomic E-state index is 0.0517. The molecule has 17 heavy (non-hydrogen) atoms. The zero-order valence-electron chi connectivity index (χ0n) is 8.38. The Balaban J connectivity index is 2.64. The van der Waals surface area contributed by atoms with E-state index in [2.05, 4.69) is 9.37 Å². The van der Waals surface area contributed by atoms with Crippen molar-refractivity contribution in [1.29, 1.82) is 0 Å². The molecule has 0 heterocycles. The van der Waals surface area contributed by atoms with Crippen LogP contribution in [-0.4, -0.2) is 22.4 Å². The number of halogens is 3. The van der Waals surface area contributed by atoms with Crippen molar-refractivity contribution in [2.75, 3.05) is 0 Å². The van der Waals surface area contributed by atoms with Crippen molar-refractivity contribution in [2.45, 2.75) is 36.7 Å². The quantitative estimate of drug-likeness (QED) is 0.332. The van der Waals surface area contributed by atoms with E-state index in [9.17, 15) is 28.5 Å². The summed E-state index contributed by atoms with van der Waals surface area (Å²) in [5.74, 6) is -1.68. The summed E-state index contributed by atoms with van der Waals surface area (Å²) >= 11 is 0.403. The van der Waals surface area contributed by atoms with Crippen LogP contribution in [0.2, 0.25) is 0 Å². The van der Waals surface area contributed by atoms with Crippen molar-refractivity contribution in [3.8, 4) is 0 Å². The summed E-state index contributed by atoms with van der Waals surface area (Å²) in [5, 5.41) is 22.5. The van der Waals surface area contributed by atoms with Gasteiger partial charge in [0, 0.05) is 23.4 Å². The highest BCUT2D eigenvalue weighted by Gasteiger charge is 2.49. The predicted octanol–water partition coefficient (Wildman–Crippen LogP) is 1.23. The first-order valence-corrected chi connectivity index (χ1v) is 5.49. The molecule has 0 aromatic heterocycles. The molecule has 0 N–H and O–H groups in total. The topological polar surface area (TPSA) is 84.7 Å². The van der Waals surface area contributed by atoms with E-state index in [1.165, 1.54) is 0 Å². The summed E-state index contributed by atoms with van der Waals surface area (Å²) in [5.41, 5.74) is 0. The third-order valence-electron chi connectivity index (χ3n) is 2.68. The molecule has 0 bridgehead atoms. The summed E-state index contributed by atoms with van der Waals surface area (Å²) in [4.78, 5) is 9.88. The Kier molecular flexibility index (Phi) is 4.98. The molecule has 0 spiro atoms. The molecule has 1 aliphatic carbocycles. The van der Waals surface area contributed by atoms with E-state index in [-0.39, 0.29) is 12.8 Å². The predicted molar refractivity (Wildman–Crippen MR) is 47.7 cm³/mol. The summed E-state index contributed by atoms with van der Waals surface area (Å²) in [6.45, 7) is 0. The molecule has 3 unspecified atom stereocenters. The molecule has 6 nitrogen and oxygen atoms in total. The molecule has 0 amide bonds. The van der Waals surface area contributed by atoms with Crippen LogP contribution in [0.3, 0.4) is 0 Å². The number of hydrogen-bond acceptors (Lipinski definition) is 6. The van der Waals surface area contributed by atoms with E-state index in [1.54, 1.807) is 0 Å². The average molecular weight is 276 g/mol.